The third-order valence-corrected chi connectivity index (χ3v) is 5.78. The van der Waals surface area contributed by atoms with Gasteiger partial charge in [0.15, 0.2) is 0 Å². The van der Waals surface area contributed by atoms with E-state index < -0.39 is 0 Å². The van der Waals surface area contributed by atoms with Crippen molar-refractivity contribution in [2.75, 3.05) is 18.6 Å². The first-order chi connectivity index (χ1) is 15.2. The molecule has 31 heavy (non-hydrogen) atoms. The van der Waals surface area contributed by atoms with E-state index in [1.165, 1.54) is 11.1 Å². The Bertz CT molecular complexity index is 1200. The highest BCUT2D eigenvalue weighted by Crippen LogP contribution is 2.30. The Morgan fingerprint density at radius 2 is 1.77 bits per heavy atom. The average molecular weight is 432 g/mol. The molecule has 1 aliphatic heterocycles. The van der Waals surface area contributed by atoms with Crippen LogP contribution >= 0.6 is 11.6 Å². The van der Waals surface area contributed by atoms with Crippen LogP contribution in [0, 0.1) is 0 Å². The Kier molecular flexibility index (Phi) is 5.35. The molecule has 156 valence electrons. The van der Waals surface area contributed by atoms with Gasteiger partial charge in [0.25, 0.3) is 0 Å². The van der Waals surface area contributed by atoms with Crippen molar-refractivity contribution in [3.8, 4) is 28.3 Å². The Balaban J connectivity index is 1.31. The molecular formula is C25H22ClN3O2. The number of anilines is 1. The molecule has 0 unspecified atom stereocenters. The molecule has 0 saturated heterocycles. The number of fused-ring (bicyclic) bond motifs is 1. The zero-order valence-electron chi connectivity index (χ0n) is 17.2. The van der Waals surface area contributed by atoms with Crippen molar-refractivity contribution in [2.45, 2.75) is 19.4 Å². The fourth-order valence-electron chi connectivity index (χ4n) is 3.83. The summed E-state index contributed by atoms with van der Waals surface area (Å²) in [6.07, 6.45) is 2.12. The summed E-state index contributed by atoms with van der Waals surface area (Å²) >= 11 is 6.31. The molecule has 0 N–H and O–H groups in total. The van der Waals surface area contributed by atoms with Gasteiger partial charge < -0.3 is 14.1 Å². The Morgan fingerprint density at radius 3 is 2.61 bits per heavy atom. The lowest BCUT2D eigenvalue weighted by Crippen LogP contribution is -2.17. The monoisotopic (exact) mass is 431 g/mol. The second-order valence-corrected chi connectivity index (χ2v) is 8.10. The highest BCUT2D eigenvalue weighted by Gasteiger charge is 2.15. The van der Waals surface area contributed by atoms with E-state index in [4.69, 9.17) is 20.8 Å². The van der Waals surface area contributed by atoms with Crippen molar-refractivity contribution >= 4 is 17.6 Å². The molecule has 1 aliphatic rings. The molecule has 0 atom stereocenters. The van der Waals surface area contributed by atoms with E-state index in [0.29, 0.717) is 18.5 Å². The first-order valence-electron chi connectivity index (χ1n) is 10.3. The average Bonchev–Trinajstić information content (AvgIpc) is 3.30. The SMILES string of the molecule is CN(Cc1ccc2c(c1)CCCO2)c1nnc(-c2ccc(-c3ccccc3Cl)cc2)o1. The van der Waals surface area contributed by atoms with E-state index >= 15 is 0 Å². The summed E-state index contributed by atoms with van der Waals surface area (Å²) in [7, 11) is 1.95. The van der Waals surface area contributed by atoms with Gasteiger partial charge in [-0.1, -0.05) is 59.2 Å². The van der Waals surface area contributed by atoms with E-state index in [1.54, 1.807) is 0 Å². The number of hydrogen-bond donors (Lipinski definition) is 0. The van der Waals surface area contributed by atoms with E-state index in [9.17, 15) is 0 Å². The summed E-state index contributed by atoms with van der Waals surface area (Å²) in [6, 6.07) is 22.6. The quantitative estimate of drug-likeness (QED) is 0.386. The van der Waals surface area contributed by atoms with Gasteiger partial charge in [0.2, 0.25) is 5.89 Å². The zero-order valence-corrected chi connectivity index (χ0v) is 18.0. The number of ether oxygens (including phenoxy) is 1. The van der Waals surface area contributed by atoms with Crippen LogP contribution in [0.4, 0.5) is 6.01 Å². The Morgan fingerprint density at radius 1 is 0.968 bits per heavy atom. The number of rotatable bonds is 5. The summed E-state index contributed by atoms with van der Waals surface area (Å²) in [5.74, 6) is 1.49. The minimum atomic E-state index is 0.485. The molecule has 0 aliphatic carbocycles. The minimum absolute atomic E-state index is 0.485. The number of halogens is 1. The van der Waals surface area contributed by atoms with Crippen molar-refractivity contribution in [3.63, 3.8) is 0 Å². The van der Waals surface area contributed by atoms with Crippen LogP contribution in [0.15, 0.2) is 71.1 Å². The summed E-state index contributed by atoms with van der Waals surface area (Å²) in [5.41, 5.74) is 5.37. The zero-order chi connectivity index (χ0) is 21.2. The first-order valence-corrected chi connectivity index (χ1v) is 10.7. The fraction of sp³-hybridized carbons (Fsp3) is 0.200. The molecule has 4 aromatic rings. The highest BCUT2D eigenvalue weighted by molar-refractivity contribution is 6.33. The Labute approximate surface area is 186 Å². The van der Waals surface area contributed by atoms with Gasteiger partial charge in [-0.25, -0.2) is 0 Å². The van der Waals surface area contributed by atoms with Gasteiger partial charge in [-0.15, -0.1) is 5.10 Å². The summed E-state index contributed by atoms with van der Waals surface area (Å²) in [6.45, 7) is 1.48. The maximum Gasteiger partial charge on any atom is 0.318 e. The van der Waals surface area contributed by atoms with E-state index in [-0.39, 0.29) is 0 Å². The van der Waals surface area contributed by atoms with Crippen LogP contribution in [0.25, 0.3) is 22.6 Å². The van der Waals surface area contributed by atoms with Crippen LogP contribution in [0.2, 0.25) is 5.02 Å². The summed E-state index contributed by atoms with van der Waals surface area (Å²) < 4.78 is 11.6. The van der Waals surface area contributed by atoms with Gasteiger partial charge in [-0.2, -0.15) is 0 Å². The largest absolute Gasteiger partial charge is 0.493 e. The van der Waals surface area contributed by atoms with Crippen molar-refractivity contribution in [2.24, 2.45) is 0 Å². The van der Waals surface area contributed by atoms with Crippen LogP contribution in [-0.2, 0) is 13.0 Å². The van der Waals surface area contributed by atoms with E-state index in [1.807, 2.05) is 60.5 Å². The van der Waals surface area contributed by atoms with Gasteiger partial charge in [-0.05, 0) is 53.8 Å². The molecule has 1 aromatic heterocycles. The molecule has 5 nitrogen and oxygen atoms in total. The molecule has 0 bridgehead atoms. The van der Waals surface area contributed by atoms with Crippen LogP contribution in [0.3, 0.4) is 0 Å². The summed E-state index contributed by atoms with van der Waals surface area (Å²) in [4.78, 5) is 1.96. The van der Waals surface area contributed by atoms with Gasteiger partial charge in [0.05, 0.1) is 6.61 Å². The fourth-order valence-corrected chi connectivity index (χ4v) is 4.07. The third-order valence-electron chi connectivity index (χ3n) is 5.45. The van der Waals surface area contributed by atoms with Crippen LogP contribution in [-0.4, -0.2) is 23.9 Å². The lowest BCUT2D eigenvalue weighted by atomic mass is 10.0. The van der Waals surface area contributed by atoms with E-state index in [2.05, 4.69) is 28.4 Å². The second-order valence-electron chi connectivity index (χ2n) is 7.70. The lowest BCUT2D eigenvalue weighted by Gasteiger charge is -2.19. The predicted octanol–water partition coefficient (Wildman–Crippen LogP) is 6.02. The molecule has 5 rings (SSSR count). The molecule has 0 saturated carbocycles. The second kappa shape index (κ2) is 8.44. The Hall–Kier alpha value is -3.31. The summed E-state index contributed by atoms with van der Waals surface area (Å²) in [5, 5.41) is 9.20. The molecule has 0 fully saturated rings. The number of aryl methyl sites for hydroxylation is 1. The van der Waals surface area contributed by atoms with Gasteiger partial charge in [0, 0.05) is 29.7 Å². The first kappa shape index (κ1) is 19.6. The van der Waals surface area contributed by atoms with Gasteiger partial charge >= 0.3 is 6.01 Å². The topological polar surface area (TPSA) is 51.4 Å². The molecule has 2 heterocycles. The maximum absolute atomic E-state index is 6.31. The smallest absolute Gasteiger partial charge is 0.318 e. The van der Waals surface area contributed by atoms with Crippen LogP contribution in [0.5, 0.6) is 5.75 Å². The van der Waals surface area contributed by atoms with Crippen molar-refractivity contribution in [1.29, 1.82) is 0 Å². The van der Waals surface area contributed by atoms with Gasteiger partial charge in [0.1, 0.15) is 5.75 Å². The molecule has 6 heteroatoms. The van der Waals surface area contributed by atoms with Crippen molar-refractivity contribution in [1.82, 2.24) is 10.2 Å². The normalized spacial score (nSPS) is 12.8. The number of aromatic nitrogens is 2. The number of benzene rings is 3. The predicted molar refractivity (Wildman–Crippen MR) is 123 cm³/mol. The lowest BCUT2D eigenvalue weighted by molar-refractivity contribution is 0.288. The number of nitrogens with zero attached hydrogens (tertiary/aromatic N) is 3. The molecule has 0 radical (unpaired) electrons. The number of hydrogen-bond acceptors (Lipinski definition) is 5. The maximum atomic E-state index is 6.31. The molecule has 3 aromatic carbocycles. The van der Waals surface area contributed by atoms with Crippen molar-refractivity contribution < 1.29 is 9.15 Å². The standard InChI is InChI=1S/C25H22ClN3O2/c1-29(16-17-8-13-23-20(15-17)5-4-14-30-23)25-28-27-24(31-25)19-11-9-18(10-12-19)21-6-2-3-7-22(21)26/h2-3,6-13,15H,4-5,14,16H2,1H3. The minimum Gasteiger partial charge on any atom is -0.493 e. The van der Waals surface area contributed by atoms with Crippen LogP contribution < -0.4 is 9.64 Å². The highest BCUT2D eigenvalue weighted by atomic mass is 35.5. The van der Waals surface area contributed by atoms with Crippen molar-refractivity contribution in [3.05, 3.63) is 82.9 Å². The molecular weight excluding hydrogens is 410 g/mol. The third kappa shape index (κ3) is 4.14. The van der Waals surface area contributed by atoms with E-state index in [0.717, 1.165) is 46.9 Å². The van der Waals surface area contributed by atoms with Crippen LogP contribution in [0.1, 0.15) is 17.5 Å². The molecule has 0 spiro atoms. The van der Waals surface area contributed by atoms with Gasteiger partial charge in [-0.3, -0.25) is 0 Å². The molecule has 0 amide bonds.